The number of amides is 1. The van der Waals surface area contributed by atoms with Crippen molar-refractivity contribution >= 4 is 17.8 Å². The monoisotopic (exact) mass is 568 g/mol. The molecule has 0 saturated carbocycles. The van der Waals surface area contributed by atoms with Crippen LogP contribution < -0.4 is 9.47 Å². The van der Waals surface area contributed by atoms with Gasteiger partial charge in [0.15, 0.2) is 23.0 Å². The second-order valence-electron chi connectivity index (χ2n) is 10.1. The van der Waals surface area contributed by atoms with E-state index in [1.54, 1.807) is 17.0 Å². The average molecular weight is 569 g/mol. The Kier molecular flexibility index (Phi) is 11.0. The zero-order valence-corrected chi connectivity index (χ0v) is 24.7. The van der Waals surface area contributed by atoms with Crippen LogP contribution in [0.3, 0.4) is 0 Å². The second kappa shape index (κ2) is 15.0. The summed E-state index contributed by atoms with van der Waals surface area (Å²) in [6, 6.07) is 24.0. The first kappa shape index (κ1) is 30.6. The third kappa shape index (κ3) is 7.47. The number of ketones is 1. The number of rotatable bonds is 15. The van der Waals surface area contributed by atoms with Crippen molar-refractivity contribution in [3.8, 4) is 11.5 Å². The Hall–Kier alpha value is -4.36. The smallest absolute Gasteiger partial charge is 0.290 e. The summed E-state index contributed by atoms with van der Waals surface area (Å²) in [4.78, 5) is 30.8. The Bertz CT molecular complexity index is 1400. The molecule has 1 heterocycles. The molecule has 42 heavy (non-hydrogen) atoms. The molecule has 1 atom stereocenters. The lowest BCUT2D eigenvalue weighted by Crippen LogP contribution is -2.34. The van der Waals surface area contributed by atoms with Gasteiger partial charge in [-0.15, -0.1) is 0 Å². The van der Waals surface area contributed by atoms with Crippen LogP contribution in [0, 0.1) is 0 Å². The highest BCUT2D eigenvalue weighted by atomic mass is 16.5. The van der Waals surface area contributed by atoms with Crippen molar-refractivity contribution in [3.05, 3.63) is 113 Å². The largest absolute Gasteiger partial charge is 0.503 e. The zero-order valence-electron chi connectivity index (χ0n) is 24.7. The fourth-order valence-electron chi connectivity index (χ4n) is 5.13. The number of carbonyl (C=O) groups is 2. The summed E-state index contributed by atoms with van der Waals surface area (Å²) in [7, 11) is 0. The van der Waals surface area contributed by atoms with Gasteiger partial charge in [-0.25, -0.2) is 0 Å². The molecule has 0 fully saturated rings. The normalized spacial score (nSPS) is 15.2. The lowest BCUT2D eigenvalue weighted by atomic mass is 9.95. The van der Waals surface area contributed by atoms with Gasteiger partial charge in [-0.1, -0.05) is 86.7 Å². The van der Waals surface area contributed by atoms with Gasteiger partial charge in [0, 0.05) is 6.54 Å². The third-order valence-corrected chi connectivity index (χ3v) is 7.38. The summed E-state index contributed by atoms with van der Waals surface area (Å²) in [5.41, 5.74) is 2.61. The van der Waals surface area contributed by atoms with Crippen molar-refractivity contribution in [3.63, 3.8) is 0 Å². The molecule has 0 bridgehead atoms. The predicted molar refractivity (Wildman–Crippen MR) is 165 cm³/mol. The molecule has 0 spiro atoms. The van der Waals surface area contributed by atoms with Crippen LogP contribution in [0.15, 0.2) is 96.3 Å². The molecule has 7 heteroatoms. The summed E-state index contributed by atoms with van der Waals surface area (Å²) < 4.78 is 12.0. The molecule has 7 nitrogen and oxygen atoms in total. The highest BCUT2D eigenvalue weighted by Gasteiger charge is 2.43. The maximum atomic E-state index is 13.6. The van der Waals surface area contributed by atoms with Gasteiger partial charge >= 0.3 is 0 Å². The molecule has 3 aromatic carbocycles. The minimum Gasteiger partial charge on any atom is -0.503 e. The van der Waals surface area contributed by atoms with Crippen LogP contribution in [-0.4, -0.2) is 59.4 Å². The summed E-state index contributed by atoms with van der Waals surface area (Å²) in [6.07, 6.45) is 3.82. The molecule has 1 unspecified atom stereocenters. The van der Waals surface area contributed by atoms with Crippen molar-refractivity contribution in [2.45, 2.75) is 39.8 Å². The Labute approximate surface area is 248 Å². The number of aliphatic hydroxyl groups is 1. The number of hydrogen-bond donors (Lipinski definition) is 1. The van der Waals surface area contributed by atoms with E-state index in [1.165, 1.54) is 6.08 Å². The number of ether oxygens (including phenoxy) is 2. The molecule has 1 N–H and O–H groups in total. The zero-order chi connectivity index (χ0) is 29.9. The minimum atomic E-state index is -0.760. The van der Waals surface area contributed by atoms with Crippen molar-refractivity contribution in [2.24, 2.45) is 0 Å². The molecule has 1 amide bonds. The van der Waals surface area contributed by atoms with Gasteiger partial charge in [0.1, 0.15) is 6.61 Å². The fraction of sp³-hybridized carbons (Fsp3) is 0.314. The summed E-state index contributed by atoms with van der Waals surface area (Å²) in [5, 5.41) is 11.0. The van der Waals surface area contributed by atoms with Gasteiger partial charge in [0.2, 0.25) is 0 Å². The summed E-state index contributed by atoms with van der Waals surface area (Å²) >= 11 is 0. The first-order chi connectivity index (χ1) is 20.5. The van der Waals surface area contributed by atoms with Crippen molar-refractivity contribution in [1.29, 1.82) is 0 Å². The molecule has 0 aromatic heterocycles. The van der Waals surface area contributed by atoms with Gasteiger partial charge in [-0.3, -0.25) is 9.59 Å². The van der Waals surface area contributed by atoms with Crippen molar-refractivity contribution in [1.82, 2.24) is 9.80 Å². The Morgan fingerprint density at radius 1 is 0.929 bits per heavy atom. The Morgan fingerprint density at radius 2 is 1.62 bits per heavy atom. The number of carbonyl (C=O) groups excluding carboxylic acids is 2. The number of aliphatic hydroxyl groups excluding tert-OH is 1. The average Bonchev–Trinajstić information content (AvgIpc) is 3.27. The first-order valence-corrected chi connectivity index (χ1v) is 14.6. The highest BCUT2D eigenvalue weighted by Crippen LogP contribution is 2.41. The van der Waals surface area contributed by atoms with E-state index in [2.05, 4.69) is 18.7 Å². The summed E-state index contributed by atoms with van der Waals surface area (Å²) in [5.74, 6) is -0.388. The van der Waals surface area contributed by atoms with Crippen LogP contribution >= 0.6 is 0 Å². The molecule has 4 rings (SSSR count). The van der Waals surface area contributed by atoms with Crippen LogP contribution in [-0.2, 0) is 16.2 Å². The molecule has 1 aliphatic heterocycles. The Balaban J connectivity index is 1.66. The van der Waals surface area contributed by atoms with Crippen molar-refractivity contribution < 1.29 is 24.2 Å². The lowest BCUT2D eigenvalue weighted by Gasteiger charge is -2.28. The maximum absolute atomic E-state index is 13.6. The van der Waals surface area contributed by atoms with E-state index in [0.29, 0.717) is 43.2 Å². The van der Waals surface area contributed by atoms with Gasteiger partial charge in [0.05, 0.1) is 18.2 Å². The topological polar surface area (TPSA) is 79.3 Å². The molecule has 0 saturated heterocycles. The number of benzene rings is 3. The van der Waals surface area contributed by atoms with E-state index in [1.807, 2.05) is 79.7 Å². The van der Waals surface area contributed by atoms with Crippen molar-refractivity contribution in [2.75, 3.05) is 32.8 Å². The first-order valence-electron chi connectivity index (χ1n) is 14.6. The highest BCUT2D eigenvalue weighted by molar-refractivity contribution is 6.14. The summed E-state index contributed by atoms with van der Waals surface area (Å²) in [6.45, 7) is 9.89. The third-order valence-electron chi connectivity index (χ3n) is 7.38. The van der Waals surface area contributed by atoms with E-state index < -0.39 is 23.5 Å². The number of hydrogen-bond acceptors (Lipinski definition) is 6. The SMILES string of the molecule is CCOc1cc(C2C(C(=O)/C=C/c3ccccc3)=C(O)C(=O)N2CCCN(CC)CC)ccc1OCc1ccccc1. The van der Waals surface area contributed by atoms with Crippen LogP contribution in [0.1, 0.15) is 49.9 Å². The molecule has 0 aliphatic carbocycles. The Morgan fingerprint density at radius 3 is 2.29 bits per heavy atom. The molecule has 3 aromatic rings. The second-order valence-corrected chi connectivity index (χ2v) is 10.1. The van der Waals surface area contributed by atoms with E-state index >= 15 is 0 Å². The van der Waals surface area contributed by atoms with E-state index in [9.17, 15) is 14.7 Å². The quantitative estimate of drug-likeness (QED) is 0.215. The predicted octanol–water partition coefficient (Wildman–Crippen LogP) is 6.37. The van der Waals surface area contributed by atoms with E-state index in [4.69, 9.17) is 9.47 Å². The van der Waals surface area contributed by atoms with Crippen LogP contribution in [0.2, 0.25) is 0 Å². The molecular weight excluding hydrogens is 528 g/mol. The van der Waals surface area contributed by atoms with Crippen LogP contribution in [0.5, 0.6) is 11.5 Å². The van der Waals surface area contributed by atoms with E-state index in [-0.39, 0.29) is 5.57 Å². The number of nitrogens with zero attached hydrogens (tertiary/aromatic N) is 2. The maximum Gasteiger partial charge on any atom is 0.290 e. The van der Waals surface area contributed by atoms with Crippen LogP contribution in [0.4, 0.5) is 0 Å². The molecule has 1 aliphatic rings. The van der Waals surface area contributed by atoms with E-state index in [0.717, 1.165) is 30.8 Å². The van der Waals surface area contributed by atoms with Gasteiger partial charge < -0.3 is 24.4 Å². The molecule has 220 valence electrons. The number of allylic oxidation sites excluding steroid dienone is 1. The fourth-order valence-corrected chi connectivity index (χ4v) is 5.13. The molecule has 0 radical (unpaired) electrons. The van der Waals surface area contributed by atoms with Gasteiger partial charge in [0.25, 0.3) is 5.91 Å². The lowest BCUT2D eigenvalue weighted by molar-refractivity contribution is -0.129. The molecular formula is C35H40N2O5. The van der Waals surface area contributed by atoms with Crippen LogP contribution in [0.25, 0.3) is 6.08 Å². The standard InChI is InChI=1S/C35H40N2O5/c1-4-36(5-2)22-13-23-37-33(32(34(39)35(37)40)29(38)20-18-26-14-9-7-10-15-26)28-19-21-30(31(24-28)41-6-3)42-25-27-16-11-8-12-17-27/h7-12,14-21,24,33,39H,4-6,13,22-23,25H2,1-3H3/b20-18+. The van der Waals surface area contributed by atoms with Gasteiger partial charge in [-0.05, 0) is 67.9 Å². The van der Waals surface area contributed by atoms with Gasteiger partial charge in [-0.2, -0.15) is 0 Å². The minimum absolute atomic E-state index is 0.0652.